The average molecular weight is 156 g/mol. The molecule has 0 aliphatic carbocycles. The van der Waals surface area contributed by atoms with Crippen LogP contribution in [0.2, 0.25) is 0 Å². The van der Waals surface area contributed by atoms with Gasteiger partial charge in [-0.05, 0) is 19.9 Å². The first-order chi connectivity index (χ1) is 5.26. The number of allylic oxidation sites excluding steroid dienone is 1. The van der Waals surface area contributed by atoms with E-state index in [1.54, 1.807) is 14.1 Å². The molecule has 1 atom stereocenters. The number of hydrogen-bond donors (Lipinski definition) is 2. The minimum Gasteiger partial charge on any atom is -0.358 e. The molecule has 0 fully saturated rings. The van der Waals surface area contributed by atoms with E-state index in [0.717, 1.165) is 12.8 Å². The van der Waals surface area contributed by atoms with E-state index < -0.39 is 0 Å². The van der Waals surface area contributed by atoms with Gasteiger partial charge in [0.2, 0.25) is 5.91 Å². The third kappa shape index (κ3) is 3.78. The Bertz CT molecular complexity index is 134. The fourth-order valence-electron chi connectivity index (χ4n) is 0.865. The van der Waals surface area contributed by atoms with Gasteiger partial charge in [-0.1, -0.05) is 6.08 Å². The van der Waals surface area contributed by atoms with Crippen molar-refractivity contribution < 1.29 is 4.79 Å². The predicted octanol–water partition coefficient (Wildman–Crippen LogP) is 0.287. The highest BCUT2D eigenvalue weighted by atomic mass is 16.2. The summed E-state index contributed by atoms with van der Waals surface area (Å²) in [6.07, 6.45) is 3.48. The van der Waals surface area contributed by atoms with Gasteiger partial charge in [-0.3, -0.25) is 4.79 Å². The van der Waals surface area contributed by atoms with Crippen molar-refractivity contribution in [2.75, 3.05) is 14.1 Å². The maximum Gasteiger partial charge on any atom is 0.236 e. The highest BCUT2D eigenvalue weighted by Gasteiger charge is 2.12. The van der Waals surface area contributed by atoms with Crippen LogP contribution in [0.15, 0.2) is 12.7 Å². The van der Waals surface area contributed by atoms with Gasteiger partial charge in [-0.25, -0.2) is 0 Å². The number of likely N-dealkylation sites (N-methyl/N-ethyl adjacent to an activating group) is 2. The third-order valence-electron chi connectivity index (χ3n) is 1.57. The minimum atomic E-state index is -0.0852. The zero-order valence-corrected chi connectivity index (χ0v) is 7.18. The topological polar surface area (TPSA) is 41.1 Å². The van der Waals surface area contributed by atoms with Crippen LogP contribution >= 0.6 is 0 Å². The molecule has 0 heterocycles. The van der Waals surface area contributed by atoms with Crippen molar-refractivity contribution >= 4 is 5.91 Å². The number of nitrogens with one attached hydrogen (secondary N) is 2. The van der Waals surface area contributed by atoms with E-state index in [1.807, 2.05) is 6.08 Å². The Morgan fingerprint density at radius 2 is 2.27 bits per heavy atom. The van der Waals surface area contributed by atoms with E-state index in [2.05, 4.69) is 17.2 Å². The van der Waals surface area contributed by atoms with Gasteiger partial charge >= 0.3 is 0 Å². The molecular formula is C8H16N2O. The molecule has 0 saturated heterocycles. The van der Waals surface area contributed by atoms with Gasteiger partial charge in [0.25, 0.3) is 0 Å². The Kier molecular flexibility index (Phi) is 5.47. The normalized spacial score (nSPS) is 12.2. The third-order valence-corrected chi connectivity index (χ3v) is 1.57. The van der Waals surface area contributed by atoms with Crippen molar-refractivity contribution in [2.24, 2.45) is 0 Å². The van der Waals surface area contributed by atoms with Crippen molar-refractivity contribution in [3.8, 4) is 0 Å². The van der Waals surface area contributed by atoms with Crippen molar-refractivity contribution in [1.29, 1.82) is 0 Å². The summed E-state index contributed by atoms with van der Waals surface area (Å²) >= 11 is 0. The Hall–Kier alpha value is -0.830. The fourth-order valence-corrected chi connectivity index (χ4v) is 0.865. The summed E-state index contributed by atoms with van der Waals surface area (Å²) in [4.78, 5) is 11.0. The van der Waals surface area contributed by atoms with Gasteiger partial charge in [-0.15, -0.1) is 6.58 Å². The monoisotopic (exact) mass is 156 g/mol. The quantitative estimate of drug-likeness (QED) is 0.562. The molecule has 0 saturated carbocycles. The van der Waals surface area contributed by atoms with Crippen LogP contribution in [0.5, 0.6) is 0 Å². The van der Waals surface area contributed by atoms with Crippen molar-refractivity contribution in [1.82, 2.24) is 10.6 Å². The number of carbonyl (C=O) groups excluding carboxylic acids is 1. The van der Waals surface area contributed by atoms with E-state index in [1.165, 1.54) is 0 Å². The number of hydrogen-bond acceptors (Lipinski definition) is 2. The molecule has 11 heavy (non-hydrogen) atoms. The van der Waals surface area contributed by atoms with Crippen LogP contribution < -0.4 is 10.6 Å². The molecule has 0 bridgehead atoms. The second kappa shape index (κ2) is 5.92. The van der Waals surface area contributed by atoms with Crippen LogP contribution in [0.25, 0.3) is 0 Å². The lowest BCUT2D eigenvalue weighted by Crippen LogP contribution is -2.40. The Labute approximate surface area is 67.9 Å². The maximum absolute atomic E-state index is 11.0. The smallest absolute Gasteiger partial charge is 0.236 e. The van der Waals surface area contributed by atoms with E-state index in [9.17, 15) is 4.79 Å². The maximum atomic E-state index is 11.0. The highest BCUT2D eigenvalue weighted by Crippen LogP contribution is 1.96. The molecule has 3 heteroatoms. The standard InChI is InChI=1S/C8H16N2O/c1-4-5-6-7(9-2)8(11)10-3/h4,7,9H,1,5-6H2,2-3H3,(H,10,11). The Balaban J connectivity index is 3.74. The van der Waals surface area contributed by atoms with E-state index in [-0.39, 0.29) is 11.9 Å². The van der Waals surface area contributed by atoms with Gasteiger partial charge in [-0.2, -0.15) is 0 Å². The summed E-state index contributed by atoms with van der Waals surface area (Å²) in [6, 6.07) is -0.0852. The molecule has 64 valence electrons. The zero-order valence-electron chi connectivity index (χ0n) is 7.18. The molecule has 0 aliphatic rings. The van der Waals surface area contributed by atoms with Crippen molar-refractivity contribution in [3.63, 3.8) is 0 Å². The van der Waals surface area contributed by atoms with Crippen LogP contribution in [-0.4, -0.2) is 26.0 Å². The van der Waals surface area contributed by atoms with Gasteiger partial charge in [0.15, 0.2) is 0 Å². The average Bonchev–Trinajstić information content (AvgIpc) is 2.05. The van der Waals surface area contributed by atoms with Crippen LogP contribution in [0, 0.1) is 0 Å². The van der Waals surface area contributed by atoms with Crippen molar-refractivity contribution in [2.45, 2.75) is 18.9 Å². The predicted molar refractivity (Wildman–Crippen MR) is 46.3 cm³/mol. The van der Waals surface area contributed by atoms with E-state index in [4.69, 9.17) is 0 Å². The zero-order chi connectivity index (χ0) is 8.69. The molecule has 2 N–H and O–H groups in total. The SMILES string of the molecule is C=CCCC(NC)C(=O)NC. The summed E-state index contributed by atoms with van der Waals surface area (Å²) < 4.78 is 0. The second-order valence-corrected chi connectivity index (χ2v) is 2.32. The van der Waals surface area contributed by atoms with Crippen LogP contribution in [0.3, 0.4) is 0 Å². The van der Waals surface area contributed by atoms with Gasteiger partial charge in [0, 0.05) is 7.05 Å². The molecule has 0 spiro atoms. The summed E-state index contributed by atoms with van der Waals surface area (Å²) in [6.45, 7) is 3.59. The molecule has 3 nitrogen and oxygen atoms in total. The minimum absolute atomic E-state index is 0.0364. The summed E-state index contributed by atoms with van der Waals surface area (Å²) in [5.41, 5.74) is 0. The molecule has 0 aromatic carbocycles. The Morgan fingerprint density at radius 3 is 2.64 bits per heavy atom. The van der Waals surface area contributed by atoms with Crippen LogP contribution in [0.1, 0.15) is 12.8 Å². The summed E-state index contributed by atoms with van der Waals surface area (Å²) in [5.74, 6) is 0.0364. The van der Waals surface area contributed by atoms with Gasteiger partial charge in [0.05, 0.1) is 6.04 Å². The number of carbonyl (C=O) groups is 1. The molecule has 0 aromatic heterocycles. The molecule has 0 aliphatic heterocycles. The number of amides is 1. The molecule has 1 unspecified atom stereocenters. The molecular weight excluding hydrogens is 140 g/mol. The van der Waals surface area contributed by atoms with Crippen molar-refractivity contribution in [3.05, 3.63) is 12.7 Å². The lowest BCUT2D eigenvalue weighted by Gasteiger charge is -2.12. The molecule has 0 aromatic rings. The summed E-state index contributed by atoms with van der Waals surface area (Å²) in [5, 5.41) is 5.52. The number of rotatable bonds is 5. The van der Waals surface area contributed by atoms with E-state index >= 15 is 0 Å². The van der Waals surface area contributed by atoms with Crippen LogP contribution in [0.4, 0.5) is 0 Å². The highest BCUT2D eigenvalue weighted by molar-refractivity contribution is 5.81. The van der Waals surface area contributed by atoms with E-state index in [0.29, 0.717) is 0 Å². The first-order valence-corrected chi connectivity index (χ1v) is 3.76. The Morgan fingerprint density at radius 1 is 1.64 bits per heavy atom. The lowest BCUT2D eigenvalue weighted by atomic mass is 10.1. The first kappa shape index (κ1) is 10.2. The fraction of sp³-hybridized carbons (Fsp3) is 0.625. The second-order valence-electron chi connectivity index (χ2n) is 2.32. The largest absolute Gasteiger partial charge is 0.358 e. The van der Waals surface area contributed by atoms with Gasteiger partial charge in [0.1, 0.15) is 0 Å². The molecule has 0 radical (unpaired) electrons. The molecule has 1 amide bonds. The molecule has 0 rings (SSSR count). The van der Waals surface area contributed by atoms with Crippen LogP contribution in [-0.2, 0) is 4.79 Å². The van der Waals surface area contributed by atoms with Gasteiger partial charge < -0.3 is 10.6 Å². The first-order valence-electron chi connectivity index (χ1n) is 3.76. The lowest BCUT2D eigenvalue weighted by molar-refractivity contribution is -0.122. The summed E-state index contributed by atoms with van der Waals surface area (Å²) in [7, 11) is 3.42.